The van der Waals surface area contributed by atoms with Crippen molar-refractivity contribution in [3.63, 3.8) is 0 Å². The summed E-state index contributed by atoms with van der Waals surface area (Å²) in [6.45, 7) is 3.49. The molecule has 0 radical (unpaired) electrons. The van der Waals surface area contributed by atoms with Crippen LogP contribution >= 0.6 is 0 Å². The lowest BCUT2D eigenvalue weighted by Gasteiger charge is -2.30. The number of carboxylic acid groups (broad SMARTS) is 2. The van der Waals surface area contributed by atoms with Gasteiger partial charge < -0.3 is 10.2 Å². The molecule has 1 aliphatic rings. The van der Waals surface area contributed by atoms with Crippen molar-refractivity contribution in [2.24, 2.45) is 0 Å². The molecule has 0 saturated carbocycles. The molecule has 1 aliphatic carbocycles. The predicted molar refractivity (Wildman–Crippen MR) is 74.3 cm³/mol. The molecule has 0 heterocycles. The molecule has 100 valence electrons. The lowest BCUT2D eigenvalue weighted by molar-refractivity contribution is 0.0651. The van der Waals surface area contributed by atoms with E-state index in [1.165, 1.54) is 0 Å². The summed E-state index contributed by atoms with van der Waals surface area (Å²) in [4.78, 5) is 23.0. The third-order valence-corrected chi connectivity index (χ3v) is 3.96. The van der Waals surface area contributed by atoms with E-state index in [-0.39, 0.29) is 11.1 Å². The maximum absolute atomic E-state index is 11.5. The van der Waals surface area contributed by atoms with E-state index < -0.39 is 11.9 Å². The van der Waals surface area contributed by atoms with Crippen LogP contribution in [0.4, 0.5) is 0 Å². The van der Waals surface area contributed by atoms with Crippen LogP contribution in [0.5, 0.6) is 0 Å². The van der Waals surface area contributed by atoms with Gasteiger partial charge in [-0.2, -0.15) is 0 Å². The van der Waals surface area contributed by atoms with Crippen molar-refractivity contribution in [1.29, 1.82) is 0 Å². The molecule has 20 heavy (non-hydrogen) atoms. The first kappa shape index (κ1) is 12.4. The van der Waals surface area contributed by atoms with Crippen LogP contribution < -0.4 is 0 Å². The van der Waals surface area contributed by atoms with Gasteiger partial charge in [0, 0.05) is 5.56 Å². The fraction of sp³-hybridized carbons (Fsp3) is 0.125. The van der Waals surface area contributed by atoms with Crippen LogP contribution in [0.25, 0.3) is 22.3 Å². The number of carboxylic acids is 2. The highest BCUT2D eigenvalue weighted by molar-refractivity contribution is 6.17. The van der Waals surface area contributed by atoms with Gasteiger partial charge in [0.25, 0.3) is 0 Å². The number of benzene rings is 2. The second kappa shape index (κ2) is 3.93. The monoisotopic (exact) mass is 268 g/mol. The van der Waals surface area contributed by atoms with E-state index in [2.05, 4.69) is 0 Å². The Bertz CT molecular complexity index is 788. The highest BCUT2D eigenvalue weighted by Crippen LogP contribution is 2.52. The van der Waals surface area contributed by atoms with E-state index in [0.29, 0.717) is 11.1 Å². The van der Waals surface area contributed by atoms with Crippen LogP contribution in [-0.2, 0) is 0 Å². The Labute approximate surface area is 115 Å². The zero-order valence-electron chi connectivity index (χ0n) is 11.0. The van der Waals surface area contributed by atoms with E-state index >= 15 is 0 Å². The first-order valence-electron chi connectivity index (χ1n) is 6.18. The third kappa shape index (κ3) is 1.36. The molecule has 2 aromatic rings. The average Bonchev–Trinajstić information content (AvgIpc) is 2.37. The summed E-state index contributed by atoms with van der Waals surface area (Å²) < 4.78 is 0. The summed E-state index contributed by atoms with van der Waals surface area (Å²) in [6.07, 6.45) is 0. The summed E-state index contributed by atoms with van der Waals surface area (Å²) in [7, 11) is 0. The highest BCUT2D eigenvalue weighted by Gasteiger charge is 2.35. The molecule has 2 aromatic carbocycles. The molecule has 0 aliphatic heterocycles. The van der Waals surface area contributed by atoms with Gasteiger partial charge in [0.2, 0.25) is 0 Å². The Morgan fingerprint density at radius 2 is 1.30 bits per heavy atom. The number of fused-ring (bicyclic) bond motifs is 4. The Morgan fingerprint density at radius 1 is 0.800 bits per heavy atom. The van der Waals surface area contributed by atoms with Crippen molar-refractivity contribution < 1.29 is 19.8 Å². The standard InChI is InChI=1S/C16H12O4/c1-7-8(2)12(15(17)18)14(16(19)20)13-10-6-4-3-5-9(10)11(7)13/h3-6H,1-2H3,(H,17,18)(H,19,20). The van der Waals surface area contributed by atoms with Gasteiger partial charge in [-0.1, -0.05) is 24.3 Å². The molecule has 3 rings (SSSR count). The summed E-state index contributed by atoms with van der Waals surface area (Å²) in [5.41, 5.74) is 4.35. The van der Waals surface area contributed by atoms with Gasteiger partial charge in [-0.15, -0.1) is 0 Å². The fourth-order valence-electron chi connectivity index (χ4n) is 2.94. The molecule has 0 amide bonds. The third-order valence-electron chi connectivity index (χ3n) is 3.96. The van der Waals surface area contributed by atoms with Crippen LogP contribution in [0.15, 0.2) is 24.3 Å². The van der Waals surface area contributed by atoms with Crippen LogP contribution in [0.1, 0.15) is 31.8 Å². The molecule has 4 heteroatoms. The summed E-state index contributed by atoms with van der Waals surface area (Å²) in [6, 6.07) is 7.46. The number of rotatable bonds is 2. The minimum atomic E-state index is -1.20. The van der Waals surface area contributed by atoms with Gasteiger partial charge in [0.05, 0.1) is 11.1 Å². The van der Waals surface area contributed by atoms with Crippen molar-refractivity contribution in [2.45, 2.75) is 13.8 Å². The average molecular weight is 268 g/mol. The largest absolute Gasteiger partial charge is 0.478 e. The predicted octanol–water partition coefficient (Wildman–Crippen LogP) is 3.35. The van der Waals surface area contributed by atoms with Crippen LogP contribution in [0, 0.1) is 13.8 Å². The second-order valence-electron chi connectivity index (χ2n) is 4.91. The van der Waals surface area contributed by atoms with Gasteiger partial charge in [0.15, 0.2) is 0 Å². The minimum Gasteiger partial charge on any atom is -0.478 e. The van der Waals surface area contributed by atoms with E-state index in [1.807, 2.05) is 31.2 Å². The van der Waals surface area contributed by atoms with Crippen molar-refractivity contribution in [2.75, 3.05) is 0 Å². The quantitative estimate of drug-likeness (QED) is 0.747. The SMILES string of the molecule is Cc1c(C)c2c(c(C(=O)O)c1C(=O)O)-c1ccccc1-2. The molecule has 4 nitrogen and oxygen atoms in total. The second-order valence-corrected chi connectivity index (χ2v) is 4.91. The smallest absolute Gasteiger partial charge is 0.337 e. The summed E-state index contributed by atoms with van der Waals surface area (Å²) in [5, 5.41) is 18.8. The number of hydrogen-bond acceptors (Lipinski definition) is 2. The van der Waals surface area contributed by atoms with E-state index in [0.717, 1.165) is 22.3 Å². The van der Waals surface area contributed by atoms with Crippen molar-refractivity contribution in [3.8, 4) is 22.3 Å². The van der Waals surface area contributed by atoms with Gasteiger partial charge in [-0.05, 0) is 41.7 Å². The maximum Gasteiger partial charge on any atom is 0.337 e. The Kier molecular flexibility index (Phi) is 2.44. The minimum absolute atomic E-state index is 0.102. The summed E-state index contributed by atoms with van der Waals surface area (Å²) >= 11 is 0. The lowest BCUT2D eigenvalue weighted by atomic mass is 9.72. The van der Waals surface area contributed by atoms with Crippen molar-refractivity contribution in [1.82, 2.24) is 0 Å². The first-order chi connectivity index (χ1) is 9.45. The molecule has 2 N–H and O–H groups in total. The van der Waals surface area contributed by atoms with Crippen molar-refractivity contribution >= 4 is 11.9 Å². The molecule has 0 unspecified atom stereocenters. The molecule has 0 fully saturated rings. The van der Waals surface area contributed by atoms with Gasteiger partial charge >= 0.3 is 11.9 Å². The Hall–Kier alpha value is -2.62. The molecule has 0 aromatic heterocycles. The molecule has 0 saturated heterocycles. The zero-order valence-corrected chi connectivity index (χ0v) is 11.0. The van der Waals surface area contributed by atoms with Gasteiger partial charge in [-0.3, -0.25) is 0 Å². The van der Waals surface area contributed by atoms with E-state index in [4.69, 9.17) is 0 Å². The van der Waals surface area contributed by atoms with Crippen molar-refractivity contribution in [3.05, 3.63) is 46.5 Å². The molecular weight excluding hydrogens is 256 g/mol. The number of aromatic carboxylic acids is 2. The molecule has 0 spiro atoms. The zero-order chi connectivity index (χ0) is 14.6. The highest BCUT2D eigenvalue weighted by atomic mass is 16.4. The first-order valence-corrected chi connectivity index (χ1v) is 6.18. The Balaban J connectivity index is 2.47. The number of carbonyl (C=O) groups is 2. The van der Waals surface area contributed by atoms with Gasteiger partial charge in [-0.25, -0.2) is 9.59 Å². The number of hydrogen-bond donors (Lipinski definition) is 2. The molecular formula is C16H12O4. The lowest BCUT2D eigenvalue weighted by Crippen LogP contribution is -2.18. The van der Waals surface area contributed by atoms with Crippen LogP contribution in [-0.4, -0.2) is 22.2 Å². The maximum atomic E-state index is 11.5. The molecule has 0 atom stereocenters. The normalized spacial score (nSPS) is 11.3. The van der Waals surface area contributed by atoms with Crippen LogP contribution in [0.2, 0.25) is 0 Å². The van der Waals surface area contributed by atoms with Gasteiger partial charge in [0.1, 0.15) is 0 Å². The molecule has 0 bridgehead atoms. The fourth-order valence-corrected chi connectivity index (χ4v) is 2.94. The van der Waals surface area contributed by atoms with E-state index in [9.17, 15) is 19.8 Å². The Morgan fingerprint density at radius 3 is 1.80 bits per heavy atom. The van der Waals surface area contributed by atoms with E-state index in [1.54, 1.807) is 6.92 Å². The topological polar surface area (TPSA) is 74.6 Å². The van der Waals surface area contributed by atoms with Crippen LogP contribution in [0.3, 0.4) is 0 Å². The summed E-state index contributed by atoms with van der Waals surface area (Å²) in [5.74, 6) is -2.40.